The van der Waals surface area contributed by atoms with Crippen LogP contribution in [-0.4, -0.2) is 19.8 Å². The normalized spacial score (nSPS) is 43.6. The summed E-state index contributed by atoms with van der Waals surface area (Å²) >= 11 is 4.89. The molecule has 1 fully saturated rings. The summed E-state index contributed by atoms with van der Waals surface area (Å²) in [7, 11) is 1.51. The lowest BCUT2D eigenvalue weighted by atomic mass is 10.5. The molecule has 0 amide bonds. The Morgan fingerprint density at radius 1 is 1.78 bits per heavy atom. The van der Waals surface area contributed by atoms with E-state index in [1.807, 2.05) is 6.92 Å². The minimum absolute atomic E-state index is 0.0933. The van der Waals surface area contributed by atoms with Crippen LogP contribution in [0.15, 0.2) is 0 Å². The molecule has 3 nitrogen and oxygen atoms in total. The molecular weight excluding hydrogens is 159 g/mol. The van der Waals surface area contributed by atoms with Gasteiger partial charge in [0.1, 0.15) is 0 Å². The van der Waals surface area contributed by atoms with Crippen molar-refractivity contribution in [3.8, 4) is 0 Å². The van der Waals surface area contributed by atoms with Crippen molar-refractivity contribution >= 4 is 18.5 Å². The Morgan fingerprint density at radius 3 is 2.67 bits per heavy atom. The second-order valence-corrected chi connectivity index (χ2v) is 4.91. The second-order valence-electron chi connectivity index (χ2n) is 1.84. The van der Waals surface area contributed by atoms with E-state index < -0.39 is 6.72 Å². The minimum Gasteiger partial charge on any atom is -0.312 e. The second kappa shape index (κ2) is 2.64. The summed E-state index contributed by atoms with van der Waals surface area (Å²) in [5.41, 5.74) is 0. The van der Waals surface area contributed by atoms with Crippen molar-refractivity contribution in [1.29, 1.82) is 0 Å². The fraction of sp³-hybridized carbons (Fsp3) is 1.00. The first-order valence-corrected chi connectivity index (χ1v) is 5.20. The van der Waals surface area contributed by atoms with E-state index in [0.717, 1.165) is 0 Å². The maximum absolute atomic E-state index is 5.18. The summed E-state index contributed by atoms with van der Waals surface area (Å²) in [4.78, 5) is 0. The molecule has 2 atom stereocenters. The van der Waals surface area contributed by atoms with Crippen molar-refractivity contribution < 1.29 is 13.6 Å². The number of hydrogen-bond donors (Lipinski definition) is 0. The molecule has 0 aromatic heterocycles. The van der Waals surface area contributed by atoms with Crippen LogP contribution < -0.4 is 0 Å². The summed E-state index contributed by atoms with van der Waals surface area (Å²) < 4.78 is 15.1. The summed E-state index contributed by atoms with van der Waals surface area (Å²) in [5, 5.41) is 0. The van der Waals surface area contributed by atoms with Crippen LogP contribution in [0.3, 0.4) is 0 Å². The van der Waals surface area contributed by atoms with Crippen LogP contribution in [0.1, 0.15) is 6.92 Å². The molecule has 1 aliphatic rings. The molecule has 0 bridgehead atoms. The van der Waals surface area contributed by atoms with Crippen molar-refractivity contribution in [2.45, 2.75) is 13.0 Å². The first-order valence-electron chi connectivity index (χ1n) is 2.65. The van der Waals surface area contributed by atoms with E-state index in [4.69, 9.17) is 25.4 Å². The first-order chi connectivity index (χ1) is 4.16. The Labute approximate surface area is 59.5 Å². The minimum atomic E-state index is -2.27. The average molecular weight is 168 g/mol. The van der Waals surface area contributed by atoms with Gasteiger partial charge >= 0.3 is 6.72 Å². The third kappa shape index (κ3) is 1.72. The zero-order chi connectivity index (χ0) is 6.91. The molecule has 0 aromatic carbocycles. The average Bonchev–Trinajstić information content (AvgIpc) is 2.13. The zero-order valence-corrected chi connectivity index (χ0v) is 7.08. The predicted molar refractivity (Wildman–Crippen MR) is 37.8 cm³/mol. The predicted octanol–water partition coefficient (Wildman–Crippen LogP) is 1.29. The molecule has 1 saturated heterocycles. The Bertz CT molecular complexity index is 149. The highest BCUT2D eigenvalue weighted by atomic mass is 32.5. The van der Waals surface area contributed by atoms with Crippen LogP contribution in [0.5, 0.6) is 0 Å². The molecule has 0 unspecified atom stereocenters. The summed E-state index contributed by atoms with van der Waals surface area (Å²) in [6, 6.07) is 0. The lowest BCUT2D eigenvalue weighted by molar-refractivity contribution is 0.246. The molecule has 9 heavy (non-hydrogen) atoms. The van der Waals surface area contributed by atoms with E-state index in [0.29, 0.717) is 6.61 Å². The van der Waals surface area contributed by atoms with E-state index in [1.54, 1.807) is 0 Å². The van der Waals surface area contributed by atoms with Crippen LogP contribution in [0, 0.1) is 0 Å². The smallest absolute Gasteiger partial charge is 0.312 e. The molecule has 0 radical (unpaired) electrons. The lowest BCUT2D eigenvalue weighted by Crippen LogP contribution is -2.00. The number of hydrogen-bond acceptors (Lipinski definition) is 4. The van der Waals surface area contributed by atoms with E-state index in [1.165, 1.54) is 7.11 Å². The Morgan fingerprint density at radius 2 is 2.44 bits per heavy atom. The molecule has 0 spiro atoms. The van der Waals surface area contributed by atoms with E-state index in [-0.39, 0.29) is 6.10 Å². The number of rotatable bonds is 1. The van der Waals surface area contributed by atoms with Gasteiger partial charge < -0.3 is 13.6 Å². The van der Waals surface area contributed by atoms with E-state index >= 15 is 0 Å². The van der Waals surface area contributed by atoms with Crippen LogP contribution in [0.4, 0.5) is 0 Å². The van der Waals surface area contributed by atoms with Gasteiger partial charge in [0.05, 0.1) is 12.7 Å². The van der Waals surface area contributed by atoms with Crippen LogP contribution in [-0.2, 0) is 25.4 Å². The lowest BCUT2D eigenvalue weighted by Gasteiger charge is -2.09. The summed E-state index contributed by atoms with van der Waals surface area (Å²) in [5.74, 6) is 0. The fourth-order valence-electron chi connectivity index (χ4n) is 0.573. The molecule has 0 N–H and O–H groups in total. The topological polar surface area (TPSA) is 27.7 Å². The van der Waals surface area contributed by atoms with Gasteiger partial charge in [-0.3, -0.25) is 0 Å². The van der Waals surface area contributed by atoms with Gasteiger partial charge in [-0.15, -0.1) is 0 Å². The van der Waals surface area contributed by atoms with Crippen LogP contribution in [0.2, 0.25) is 0 Å². The molecule has 1 aliphatic heterocycles. The van der Waals surface area contributed by atoms with Gasteiger partial charge in [-0.25, -0.2) is 0 Å². The Balaban J connectivity index is 2.55. The molecule has 54 valence electrons. The molecule has 0 saturated carbocycles. The van der Waals surface area contributed by atoms with Crippen molar-refractivity contribution in [1.82, 2.24) is 0 Å². The van der Waals surface area contributed by atoms with Gasteiger partial charge in [-0.05, 0) is 18.7 Å². The van der Waals surface area contributed by atoms with Crippen molar-refractivity contribution in [2.75, 3.05) is 13.7 Å². The van der Waals surface area contributed by atoms with Gasteiger partial charge in [0, 0.05) is 7.11 Å². The summed E-state index contributed by atoms with van der Waals surface area (Å²) in [6.45, 7) is 0.197. The molecule has 1 heterocycles. The van der Waals surface area contributed by atoms with E-state index in [2.05, 4.69) is 0 Å². The van der Waals surface area contributed by atoms with Crippen LogP contribution in [0.25, 0.3) is 0 Å². The monoisotopic (exact) mass is 168 g/mol. The highest BCUT2D eigenvalue weighted by molar-refractivity contribution is 8.07. The molecular formula is C4H9O3PS. The third-order valence-corrected chi connectivity index (χ3v) is 3.55. The SMILES string of the molecule is CO[P@@]1(=S)OC[C@@H](C)O1. The maximum atomic E-state index is 5.18. The quantitative estimate of drug-likeness (QED) is 0.551. The standard InChI is InChI=1S/C4H9O3PS/c1-4-3-6-8(9,5-2)7-4/h4H,3H2,1-2H3/t4-,8-/m1/s1. The third-order valence-electron chi connectivity index (χ3n) is 1.00. The van der Waals surface area contributed by atoms with Gasteiger partial charge in [0.2, 0.25) is 0 Å². The molecule has 1 rings (SSSR count). The van der Waals surface area contributed by atoms with Gasteiger partial charge in [-0.1, -0.05) is 0 Å². The molecule has 0 aliphatic carbocycles. The Kier molecular flexibility index (Phi) is 2.24. The van der Waals surface area contributed by atoms with E-state index in [9.17, 15) is 0 Å². The van der Waals surface area contributed by atoms with Crippen molar-refractivity contribution in [3.63, 3.8) is 0 Å². The van der Waals surface area contributed by atoms with Crippen LogP contribution >= 0.6 is 6.72 Å². The maximum Gasteiger partial charge on any atom is 0.327 e. The fourth-order valence-corrected chi connectivity index (χ4v) is 2.34. The molecule has 5 heteroatoms. The van der Waals surface area contributed by atoms with Crippen molar-refractivity contribution in [2.24, 2.45) is 0 Å². The van der Waals surface area contributed by atoms with Crippen molar-refractivity contribution in [3.05, 3.63) is 0 Å². The van der Waals surface area contributed by atoms with Gasteiger partial charge in [0.15, 0.2) is 0 Å². The first kappa shape index (κ1) is 7.63. The summed E-state index contributed by atoms with van der Waals surface area (Å²) in [6.07, 6.45) is 0.0933. The zero-order valence-electron chi connectivity index (χ0n) is 5.36. The Hall–Kier alpha value is 0.530. The van der Waals surface area contributed by atoms with Gasteiger partial charge in [0.25, 0.3) is 0 Å². The highest BCUT2D eigenvalue weighted by Crippen LogP contribution is 2.54. The largest absolute Gasteiger partial charge is 0.327 e. The van der Waals surface area contributed by atoms with Gasteiger partial charge in [-0.2, -0.15) is 0 Å². The highest BCUT2D eigenvalue weighted by Gasteiger charge is 2.29. The molecule has 0 aromatic rings.